The van der Waals surface area contributed by atoms with Crippen LogP contribution in [0.25, 0.3) is 16.6 Å². The lowest BCUT2D eigenvalue weighted by atomic mass is 10.1. The Morgan fingerprint density at radius 2 is 1.50 bits per heavy atom. The molecule has 4 aromatic rings. The second-order valence-corrected chi connectivity index (χ2v) is 10.8. The van der Waals surface area contributed by atoms with Crippen molar-refractivity contribution in [3.05, 3.63) is 98.8 Å². The number of carboxylic acids is 1. The zero-order valence-electron chi connectivity index (χ0n) is 22.7. The van der Waals surface area contributed by atoms with E-state index >= 15 is 4.39 Å². The van der Waals surface area contributed by atoms with Crippen LogP contribution in [-0.2, 0) is 11.3 Å². The number of pyridine rings is 1. The van der Waals surface area contributed by atoms with Gasteiger partial charge in [0.1, 0.15) is 17.2 Å². The lowest BCUT2D eigenvalue weighted by Crippen LogP contribution is -2.47. The summed E-state index contributed by atoms with van der Waals surface area (Å²) >= 11 is 6.91. The number of morpholine rings is 1. The number of aromatic nitrogens is 1. The summed E-state index contributed by atoms with van der Waals surface area (Å²) in [5.74, 6) is -2.42. The molecular weight excluding hydrogens is 566 g/mol. The van der Waals surface area contributed by atoms with Crippen LogP contribution in [0.4, 0.5) is 20.2 Å². The van der Waals surface area contributed by atoms with E-state index < -0.39 is 22.8 Å². The number of carboxylic acid groups (broad SMARTS) is 1. The van der Waals surface area contributed by atoms with E-state index in [1.807, 2.05) is 29.2 Å². The van der Waals surface area contributed by atoms with Crippen molar-refractivity contribution in [2.45, 2.75) is 6.54 Å². The van der Waals surface area contributed by atoms with E-state index in [1.54, 1.807) is 16.7 Å². The van der Waals surface area contributed by atoms with Crippen molar-refractivity contribution in [2.75, 3.05) is 62.3 Å². The van der Waals surface area contributed by atoms with E-state index in [0.717, 1.165) is 37.0 Å². The summed E-state index contributed by atoms with van der Waals surface area (Å²) in [5, 5.41) is 9.69. The second-order valence-electron chi connectivity index (χ2n) is 10.5. The minimum absolute atomic E-state index is 0.0339. The minimum atomic E-state index is -1.41. The van der Waals surface area contributed by atoms with Gasteiger partial charge in [-0.05, 0) is 48.0 Å². The van der Waals surface area contributed by atoms with E-state index in [9.17, 15) is 19.1 Å². The molecule has 2 aliphatic heterocycles. The lowest BCUT2D eigenvalue weighted by Gasteiger charge is -2.38. The molecule has 0 spiro atoms. The van der Waals surface area contributed by atoms with Crippen LogP contribution >= 0.6 is 11.6 Å². The normalized spacial score (nSPS) is 16.3. The van der Waals surface area contributed by atoms with Crippen LogP contribution < -0.4 is 15.2 Å². The van der Waals surface area contributed by atoms with Gasteiger partial charge >= 0.3 is 5.97 Å². The molecule has 0 bridgehead atoms. The van der Waals surface area contributed by atoms with Crippen molar-refractivity contribution < 1.29 is 23.4 Å². The van der Waals surface area contributed by atoms with E-state index in [-0.39, 0.29) is 27.4 Å². The molecule has 1 N–H and O–H groups in total. The number of ether oxygens (including phenoxy) is 1. The molecular formula is C31H29ClF2N4O4. The third kappa shape index (κ3) is 5.45. The molecule has 6 rings (SSSR count). The fourth-order valence-corrected chi connectivity index (χ4v) is 6.07. The standard InChI is InChI=1S/C31H29ClF2N4O4/c32-27-28-24(17-26(34)29(27)37-11-9-36(10-12-37)22-7-3-21(33)4-8-22)30(39)25(31(40)41)19-38(28)23-5-1-20(2-6-23)18-35-13-15-42-16-14-35/h1-8,17,19H,9-16,18H2,(H,40,41). The molecule has 0 aliphatic carbocycles. The summed E-state index contributed by atoms with van der Waals surface area (Å²) in [5.41, 5.74) is 1.65. The van der Waals surface area contributed by atoms with E-state index in [1.165, 1.54) is 18.3 Å². The SMILES string of the molecule is O=C(O)c1cn(-c2ccc(CN3CCOCC3)cc2)c2c(Cl)c(N3CCN(c4ccc(F)cc4)CC3)c(F)cc2c1=O. The molecule has 2 fully saturated rings. The van der Waals surface area contributed by atoms with Gasteiger partial charge in [0, 0.05) is 63.4 Å². The lowest BCUT2D eigenvalue weighted by molar-refractivity contribution is 0.0342. The average molecular weight is 595 g/mol. The Hall–Kier alpha value is -3.99. The van der Waals surface area contributed by atoms with Gasteiger partial charge in [0.05, 0.1) is 34.8 Å². The third-order valence-corrected chi connectivity index (χ3v) is 8.26. The van der Waals surface area contributed by atoms with Crippen LogP contribution in [0.3, 0.4) is 0 Å². The highest BCUT2D eigenvalue weighted by Crippen LogP contribution is 2.37. The predicted octanol–water partition coefficient (Wildman–Crippen LogP) is 4.78. The Labute approximate surface area is 245 Å². The fourth-order valence-electron chi connectivity index (χ4n) is 5.67. The molecule has 0 saturated carbocycles. The monoisotopic (exact) mass is 594 g/mol. The smallest absolute Gasteiger partial charge is 0.341 e. The zero-order valence-corrected chi connectivity index (χ0v) is 23.5. The summed E-state index contributed by atoms with van der Waals surface area (Å²) in [6, 6.07) is 14.9. The Morgan fingerprint density at radius 1 is 0.881 bits per heavy atom. The van der Waals surface area contributed by atoms with Gasteiger partial charge in [-0.2, -0.15) is 0 Å². The van der Waals surface area contributed by atoms with Gasteiger partial charge in [0.15, 0.2) is 0 Å². The number of hydrogen-bond donors (Lipinski definition) is 1. The molecule has 11 heteroatoms. The molecule has 0 amide bonds. The highest BCUT2D eigenvalue weighted by Gasteiger charge is 2.27. The Balaban J connectivity index is 1.37. The van der Waals surface area contributed by atoms with Crippen LogP contribution in [0.1, 0.15) is 15.9 Å². The number of rotatable bonds is 6. The first-order chi connectivity index (χ1) is 20.3. The van der Waals surface area contributed by atoms with Gasteiger partial charge in [-0.15, -0.1) is 0 Å². The van der Waals surface area contributed by atoms with Gasteiger partial charge in [0.25, 0.3) is 0 Å². The Morgan fingerprint density at radius 3 is 2.14 bits per heavy atom. The maximum atomic E-state index is 15.7. The first-order valence-corrected chi connectivity index (χ1v) is 14.1. The maximum absolute atomic E-state index is 15.7. The number of halogens is 3. The number of benzene rings is 3. The largest absolute Gasteiger partial charge is 0.477 e. The molecule has 8 nitrogen and oxygen atoms in total. The quantitative estimate of drug-likeness (QED) is 0.344. The first kappa shape index (κ1) is 28.1. The summed E-state index contributed by atoms with van der Waals surface area (Å²) in [6.07, 6.45) is 1.25. The van der Waals surface area contributed by atoms with Crippen LogP contribution in [-0.4, -0.2) is 73.0 Å². The molecule has 3 heterocycles. The highest BCUT2D eigenvalue weighted by molar-refractivity contribution is 6.38. The van der Waals surface area contributed by atoms with Gasteiger partial charge in [-0.1, -0.05) is 23.7 Å². The number of piperazine rings is 1. The van der Waals surface area contributed by atoms with Crippen molar-refractivity contribution >= 4 is 39.8 Å². The van der Waals surface area contributed by atoms with Gasteiger partial charge in [-0.3, -0.25) is 9.69 Å². The molecule has 2 saturated heterocycles. The second kappa shape index (κ2) is 11.7. The van der Waals surface area contributed by atoms with E-state index in [0.29, 0.717) is 45.1 Å². The average Bonchev–Trinajstić information content (AvgIpc) is 2.99. The molecule has 0 radical (unpaired) electrons. The van der Waals surface area contributed by atoms with Crippen molar-refractivity contribution in [1.82, 2.24) is 9.47 Å². The summed E-state index contributed by atoms with van der Waals surface area (Å²) in [4.78, 5) is 31.3. The Kier molecular flexibility index (Phi) is 7.85. The fraction of sp³-hybridized carbons (Fsp3) is 0.290. The summed E-state index contributed by atoms with van der Waals surface area (Å²) < 4.78 is 36.0. The van der Waals surface area contributed by atoms with Crippen LogP contribution in [0, 0.1) is 11.6 Å². The molecule has 3 aromatic carbocycles. The van der Waals surface area contributed by atoms with Gasteiger partial charge < -0.3 is 24.2 Å². The highest BCUT2D eigenvalue weighted by atomic mass is 35.5. The van der Waals surface area contributed by atoms with Crippen LogP contribution in [0.2, 0.25) is 5.02 Å². The topological polar surface area (TPSA) is 78.2 Å². The molecule has 42 heavy (non-hydrogen) atoms. The third-order valence-electron chi connectivity index (χ3n) is 7.90. The minimum Gasteiger partial charge on any atom is -0.477 e. The number of carbonyl (C=O) groups is 1. The Bertz CT molecular complexity index is 1680. The number of aromatic carboxylic acids is 1. The maximum Gasteiger partial charge on any atom is 0.341 e. The summed E-state index contributed by atoms with van der Waals surface area (Å²) in [6.45, 7) is 5.79. The first-order valence-electron chi connectivity index (χ1n) is 13.8. The van der Waals surface area contributed by atoms with Crippen molar-refractivity contribution in [1.29, 1.82) is 0 Å². The molecule has 0 unspecified atom stereocenters. The van der Waals surface area contributed by atoms with E-state index in [2.05, 4.69) is 9.80 Å². The van der Waals surface area contributed by atoms with E-state index in [4.69, 9.17) is 16.3 Å². The molecule has 0 atom stereocenters. The van der Waals surface area contributed by atoms with Gasteiger partial charge in [-0.25, -0.2) is 13.6 Å². The van der Waals surface area contributed by atoms with Crippen molar-refractivity contribution in [2.24, 2.45) is 0 Å². The van der Waals surface area contributed by atoms with Crippen LogP contribution in [0.15, 0.2) is 65.6 Å². The summed E-state index contributed by atoms with van der Waals surface area (Å²) in [7, 11) is 0. The van der Waals surface area contributed by atoms with Crippen molar-refractivity contribution in [3.8, 4) is 5.69 Å². The van der Waals surface area contributed by atoms with Crippen molar-refractivity contribution in [3.63, 3.8) is 0 Å². The number of anilines is 2. The number of hydrogen-bond acceptors (Lipinski definition) is 6. The van der Waals surface area contributed by atoms with Gasteiger partial charge in [0.2, 0.25) is 5.43 Å². The van der Waals surface area contributed by atoms with Crippen LogP contribution in [0.5, 0.6) is 0 Å². The molecule has 218 valence electrons. The molecule has 1 aromatic heterocycles. The zero-order chi connectivity index (χ0) is 29.4. The molecule has 2 aliphatic rings. The predicted molar refractivity (Wildman–Crippen MR) is 158 cm³/mol. The number of fused-ring (bicyclic) bond motifs is 1. The number of nitrogens with zero attached hydrogens (tertiary/aromatic N) is 4.